The van der Waals surface area contributed by atoms with E-state index in [9.17, 15) is 14.4 Å². The molecule has 0 spiro atoms. The standard InChI is InChI=1S/C32H45N5O6/c1-32(2,3)25-13-20(15-27(30(25)42-7)37-10-8-23(9-11-37)43-19-29(39)40)28(38)18-36-16-21-12-24(31(41)33-4)26(34-35(5)6)14-22(21)17-36/h12-15,23,34H,8-11,16-19H2,1-7H3,(H,33,41)(H,39,40). The average Bonchev–Trinajstić information content (AvgIpc) is 3.34. The Balaban J connectivity index is 1.57. The fraction of sp³-hybridized carbons (Fsp3) is 0.531. The summed E-state index contributed by atoms with van der Waals surface area (Å²) in [6.07, 6.45) is 1.27. The van der Waals surface area contributed by atoms with Gasteiger partial charge in [-0.05, 0) is 53.6 Å². The number of amides is 1. The monoisotopic (exact) mass is 595 g/mol. The molecular formula is C32H45N5O6. The van der Waals surface area contributed by atoms with Gasteiger partial charge in [-0.15, -0.1) is 0 Å². The quantitative estimate of drug-likeness (QED) is 0.263. The number of carboxylic acids is 1. The van der Waals surface area contributed by atoms with Gasteiger partial charge in [0, 0.05) is 58.4 Å². The lowest BCUT2D eigenvalue weighted by molar-refractivity contribution is -0.144. The first-order valence-electron chi connectivity index (χ1n) is 14.7. The Hall–Kier alpha value is -3.67. The Bertz CT molecular complexity index is 1360. The number of Topliss-reactive ketones (excluding diaryl/α,β-unsaturated/α-hetero) is 1. The molecule has 4 rings (SSSR count). The highest BCUT2D eigenvalue weighted by Crippen LogP contribution is 2.41. The van der Waals surface area contributed by atoms with Gasteiger partial charge in [-0.1, -0.05) is 20.8 Å². The van der Waals surface area contributed by atoms with Crippen molar-refractivity contribution in [3.05, 3.63) is 52.1 Å². The van der Waals surface area contributed by atoms with Gasteiger partial charge in [0.2, 0.25) is 0 Å². The van der Waals surface area contributed by atoms with Crippen molar-refractivity contribution in [3.63, 3.8) is 0 Å². The van der Waals surface area contributed by atoms with E-state index in [-0.39, 0.29) is 36.4 Å². The van der Waals surface area contributed by atoms with E-state index in [1.54, 1.807) is 19.2 Å². The maximum absolute atomic E-state index is 13.8. The summed E-state index contributed by atoms with van der Waals surface area (Å²) in [6.45, 7) is 8.77. The molecule has 1 saturated heterocycles. The highest BCUT2D eigenvalue weighted by Gasteiger charge is 2.30. The van der Waals surface area contributed by atoms with Crippen LogP contribution >= 0.6 is 0 Å². The predicted octanol–water partition coefficient (Wildman–Crippen LogP) is 3.51. The van der Waals surface area contributed by atoms with E-state index in [0.29, 0.717) is 50.1 Å². The van der Waals surface area contributed by atoms with Crippen LogP contribution in [0.25, 0.3) is 0 Å². The molecule has 43 heavy (non-hydrogen) atoms. The molecule has 0 aromatic heterocycles. The number of anilines is 2. The third kappa shape index (κ3) is 7.65. The van der Waals surface area contributed by atoms with E-state index < -0.39 is 5.97 Å². The molecule has 1 fully saturated rings. The zero-order valence-corrected chi connectivity index (χ0v) is 26.4. The van der Waals surface area contributed by atoms with Gasteiger partial charge in [-0.3, -0.25) is 14.5 Å². The molecule has 0 unspecified atom stereocenters. The van der Waals surface area contributed by atoms with Crippen molar-refractivity contribution < 1.29 is 29.0 Å². The van der Waals surface area contributed by atoms with E-state index in [1.807, 2.05) is 38.4 Å². The largest absolute Gasteiger partial charge is 0.494 e. The number of hydrogen-bond donors (Lipinski definition) is 3. The number of nitrogens with zero attached hydrogens (tertiary/aromatic N) is 3. The Morgan fingerprint density at radius 1 is 1.05 bits per heavy atom. The number of methoxy groups -OCH3 is 1. The topological polar surface area (TPSA) is 124 Å². The van der Waals surface area contributed by atoms with Crippen molar-refractivity contribution in [2.24, 2.45) is 0 Å². The fourth-order valence-corrected chi connectivity index (χ4v) is 5.82. The summed E-state index contributed by atoms with van der Waals surface area (Å²) in [4.78, 5) is 41.7. The van der Waals surface area contributed by atoms with Crippen LogP contribution in [0.5, 0.6) is 5.75 Å². The van der Waals surface area contributed by atoms with Gasteiger partial charge in [0.1, 0.15) is 12.4 Å². The molecule has 11 heteroatoms. The van der Waals surface area contributed by atoms with Crippen molar-refractivity contribution in [1.82, 2.24) is 15.2 Å². The number of hydrazine groups is 1. The van der Waals surface area contributed by atoms with Gasteiger partial charge in [-0.2, -0.15) is 0 Å². The first-order chi connectivity index (χ1) is 20.3. The third-order valence-electron chi connectivity index (χ3n) is 7.94. The van der Waals surface area contributed by atoms with E-state index in [4.69, 9.17) is 14.6 Å². The summed E-state index contributed by atoms with van der Waals surface area (Å²) >= 11 is 0. The van der Waals surface area contributed by atoms with Crippen molar-refractivity contribution in [1.29, 1.82) is 0 Å². The lowest BCUT2D eigenvalue weighted by Gasteiger charge is -2.36. The van der Waals surface area contributed by atoms with Crippen molar-refractivity contribution in [2.45, 2.75) is 58.2 Å². The van der Waals surface area contributed by atoms with Gasteiger partial charge in [-0.25, -0.2) is 9.80 Å². The molecule has 0 aliphatic carbocycles. The van der Waals surface area contributed by atoms with Gasteiger partial charge >= 0.3 is 5.97 Å². The molecule has 234 valence electrons. The summed E-state index contributed by atoms with van der Waals surface area (Å²) in [5.41, 5.74) is 8.82. The smallest absolute Gasteiger partial charge is 0.329 e. The molecule has 0 atom stereocenters. The molecule has 1 amide bonds. The normalized spacial score (nSPS) is 15.9. The van der Waals surface area contributed by atoms with Crippen LogP contribution in [-0.2, 0) is 28.0 Å². The summed E-state index contributed by atoms with van der Waals surface area (Å²) in [6, 6.07) is 7.80. The van der Waals surface area contributed by atoms with Crippen LogP contribution in [0, 0.1) is 0 Å². The molecule has 0 bridgehead atoms. The van der Waals surface area contributed by atoms with Gasteiger partial charge in [0.05, 0.1) is 36.7 Å². The molecule has 2 aromatic rings. The maximum Gasteiger partial charge on any atom is 0.329 e. The predicted molar refractivity (Wildman–Crippen MR) is 166 cm³/mol. The van der Waals surface area contributed by atoms with Gasteiger partial charge in [0.15, 0.2) is 5.78 Å². The van der Waals surface area contributed by atoms with E-state index in [1.165, 1.54) is 0 Å². The van der Waals surface area contributed by atoms with E-state index in [2.05, 4.69) is 41.3 Å². The minimum Gasteiger partial charge on any atom is -0.494 e. The zero-order chi connectivity index (χ0) is 31.5. The van der Waals surface area contributed by atoms with Crippen LogP contribution in [0.4, 0.5) is 11.4 Å². The lowest BCUT2D eigenvalue weighted by Crippen LogP contribution is -2.38. The number of fused-ring (bicyclic) bond motifs is 1. The Kier molecular flexibility index (Phi) is 9.99. The third-order valence-corrected chi connectivity index (χ3v) is 7.94. The van der Waals surface area contributed by atoms with Crippen molar-refractivity contribution >= 4 is 29.0 Å². The number of carboxylic acid groups (broad SMARTS) is 1. The number of carbonyl (C=O) groups is 3. The molecule has 2 heterocycles. The minimum atomic E-state index is -0.969. The SMILES string of the molecule is CNC(=O)c1cc2c(cc1NN(C)C)CN(CC(=O)c1cc(N3CCC(OCC(=O)O)CC3)c(OC)c(C(C)(C)C)c1)C2. The summed E-state index contributed by atoms with van der Waals surface area (Å²) in [5, 5.41) is 13.5. The van der Waals surface area contributed by atoms with E-state index >= 15 is 0 Å². The Morgan fingerprint density at radius 3 is 2.26 bits per heavy atom. The average molecular weight is 596 g/mol. The number of carbonyl (C=O) groups excluding carboxylic acids is 2. The first-order valence-corrected chi connectivity index (χ1v) is 14.7. The molecule has 3 N–H and O–H groups in total. The second-order valence-corrected chi connectivity index (χ2v) is 12.5. The van der Waals surface area contributed by atoms with E-state index in [0.717, 1.165) is 33.8 Å². The number of nitrogens with one attached hydrogen (secondary N) is 2. The maximum atomic E-state index is 13.8. The highest BCUT2D eigenvalue weighted by molar-refractivity contribution is 6.00. The van der Waals surface area contributed by atoms with Crippen molar-refractivity contribution in [3.8, 4) is 5.75 Å². The van der Waals surface area contributed by atoms with Gasteiger partial charge in [0.25, 0.3) is 5.91 Å². The van der Waals surface area contributed by atoms with Crippen LogP contribution in [0.1, 0.15) is 71.0 Å². The number of benzene rings is 2. The minimum absolute atomic E-state index is 0.0139. The van der Waals surface area contributed by atoms with Crippen LogP contribution in [0.3, 0.4) is 0 Å². The Labute approximate surface area is 254 Å². The van der Waals surface area contributed by atoms with Gasteiger partial charge < -0.3 is 30.2 Å². The summed E-state index contributed by atoms with van der Waals surface area (Å²) < 4.78 is 11.5. The number of aliphatic carboxylic acids is 1. The zero-order valence-electron chi connectivity index (χ0n) is 26.4. The van der Waals surface area contributed by atoms with Crippen LogP contribution in [0.2, 0.25) is 0 Å². The molecule has 0 radical (unpaired) electrons. The molecular weight excluding hydrogens is 550 g/mol. The second-order valence-electron chi connectivity index (χ2n) is 12.5. The molecule has 2 aromatic carbocycles. The fourth-order valence-electron chi connectivity index (χ4n) is 5.82. The second kappa shape index (κ2) is 13.3. The number of ketones is 1. The number of rotatable bonds is 11. The number of hydrogen-bond acceptors (Lipinski definition) is 9. The number of ether oxygens (including phenoxy) is 2. The lowest BCUT2D eigenvalue weighted by atomic mass is 9.84. The van der Waals surface area contributed by atoms with Crippen LogP contribution in [-0.4, -0.2) is 93.3 Å². The highest BCUT2D eigenvalue weighted by atomic mass is 16.5. The number of piperidine rings is 1. The van der Waals surface area contributed by atoms with Crippen LogP contribution < -0.4 is 20.4 Å². The first kappa shape index (κ1) is 32.2. The summed E-state index contributed by atoms with van der Waals surface area (Å²) in [5.74, 6) is -0.367. The summed E-state index contributed by atoms with van der Waals surface area (Å²) in [7, 11) is 7.02. The Morgan fingerprint density at radius 2 is 1.70 bits per heavy atom. The molecule has 0 saturated carbocycles. The van der Waals surface area contributed by atoms with Crippen LogP contribution in [0.15, 0.2) is 24.3 Å². The molecule has 2 aliphatic rings. The van der Waals surface area contributed by atoms with Crippen molar-refractivity contribution in [2.75, 3.05) is 64.8 Å². The molecule has 11 nitrogen and oxygen atoms in total. The molecule has 2 aliphatic heterocycles.